The summed E-state index contributed by atoms with van der Waals surface area (Å²) in [6.07, 6.45) is 3.19. The van der Waals surface area contributed by atoms with E-state index in [1.165, 1.54) is 5.56 Å². The number of aromatic nitrogens is 1. The standard InChI is InChI=1S/C21H24N2O3/c1-2-26-21(25)18-14-17(18)15-23(13-11-16-8-4-3-5-9-16)20(24)19-10-6-7-12-22-19/h3-10,12,17-18H,2,11,13-15H2,1H3/t17-,18+/m1/s1. The highest BCUT2D eigenvalue weighted by molar-refractivity contribution is 5.92. The Labute approximate surface area is 154 Å². The van der Waals surface area contributed by atoms with E-state index in [2.05, 4.69) is 17.1 Å². The van der Waals surface area contributed by atoms with E-state index in [0.717, 1.165) is 12.8 Å². The minimum Gasteiger partial charge on any atom is -0.466 e. The number of carbonyl (C=O) groups is 2. The Hall–Kier alpha value is -2.69. The SMILES string of the molecule is CCOC(=O)[C@H]1C[C@@H]1CN(CCc1ccccc1)C(=O)c1ccccn1. The summed E-state index contributed by atoms with van der Waals surface area (Å²) >= 11 is 0. The quantitative estimate of drug-likeness (QED) is 0.686. The van der Waals surface area contributed by atoms with Gasteiger partial charge in [0, 0.05) is 19.3 Å². The number of esters is 1. The molecule has 1 fully saturated rings. The van der Waals surface area contributed by atoms with Crippen molar-refractivity contribution in [3.8, 4) is 0 Å². The van der Waals surface area contributed by atoms with Crippen LogP contribution < -0.4 is 0 Å². The van der Waals surface area contributed by atoms with Gasteiger partial charge < -0.3 is 9.64 Å². The van der Waals surface area contributed by atoms with E-state index in [0.29, 0.717) is 25.4 Å². The van der Waals surface area contributed by atoms with E-state index in [1.807, 2.05) is 36.1 Å². The van der Waals surface area contributed by atoms with Crippen LogP contribution in [0.5, 0.6) is 0 Å². The summed E-state index contributed by atoms with van der Waals surface area (Å²) in [6, 6.07) is 15.4. The average molecular weight is 352 g/mol. The molecule has 0 spiro atoms. The second-order valence-corrected chi connectivity index (χ2v) is 6.56. The number of ether oxygens (including phenoxy) is 1. The monoisotopic (exact) mass is 352 g/mol. The molecule has 0 unspecified atom stereocenters. The van der Waals surface area contributed by atoms with Crippen LogP contribution in [0.25, 0.3) is 0 Å². The van der Waals surface area contributed by atoms with Crippen LogP contribution in [-0.4, -0.2) is 41.5 Å². The van der Waals surface area contributed by atoms with Gasteiger partial charge in [-0.1, -0.05) is 36.4 Å². The van der Waals surface area contributed by atoms with E-state index >= 15 is 0 Å². The maximum absolute atomic E-state index is 12.9. The van der Waals surface area contributed by atoms with E-state index in [4.69, 9.17) is 4.74 Å². The van der Waals surface area contributed by atoms with E-state index < -0.39 is 0 Å². The molecule has 0 radical (unpaired) electrons. The first-order valence-electron chi connectivity index (χ1n) is 9.10. The molecule has 0 aliphatic heterocycles. The van der Waals surface area contributed by atoms with Crippen molar-refractivity contribution in [1.29, 1.82) is 0 Å². The van der Waals surface area contributed by atoms with Crippen LogP contribution in [0.4, 0.5) is 0 Å². The molecular weight excluding hydrogens is 328 g/mol. The third-order valence-electron chi connectivity index (χ3n) is 4.65. The summed E-state index contributed by atoms with van der Waals surface area (Å²) in [4.78, 5) is 30.8. The van der Waals surface area contributed by atoms with Crippen LogP contribution in [0.3, 0.4) is 0 Å². The van der Waals surface area contributed by atoms with Crippen molar-refractivity contribution in [3.63, 3.8) is 0 Å². The Morgan fingerprint density at radius 2 is 1.92 bits per heavy atom. The largest absolute Gasteiger partial charge is 0.466 e. The van der Waals surface area contributed by atoms with E-state index in [-0.39, 0.29) is 23.7 Å². The zero-order valence-electron chi connectivity index (χ0n) is 15.0. The molecule has 0 N–H and O–H groups in total. The molecule has 26 heavy (non-hydrogen) atoms. The van der Waals surface area contributed by atoms with Crippen molar-refractivity contribution in [2.75, 3.05) is 19.7 Å². The van der Waals surface area contributed by atoms with Gasteiger partial charge in [-0.3, -0.25) is 14.6 Å². The lowest BCUT2D eigenvalue weighted by Gasteiger charge is -2.22. The summed E-state index contributed by atoms with van der Waals surface area (Å²) in [5, 5.41) is 0. The van der Waals surface area contributed by atoms with E-state index in [1.54, 1.807) is 18.3 Å². The Morgan fingerprint density at radius 3 is 2.62 bits per heavy atom. The summed E-state index contributed by atoms with van der Waals surface area (Å²) in [5.41, 5.74) is 1.62. The Kier molecular flexibility index (Phi) is 6.00. The lowest BCUT2D eigenvalue weighted by molar-refractivity contribution is -0.145. The van der Waals surface area contributed by atoms with E-state index in [9.17, 15) is 9.59 Å². The van der Waals surface area contributed by atoms with Gasteiger partial charge in [-0.25, -0.2) is 0 Å². The Morgan fingerprint density at radius 1 is 1.15 bits per heavy atom. The van der Waals surface area contributed by atoms with Crippen LogP contribution in [0.15, 0.2) is 54.7 Å². The normalized spacial score (nSPS) is 18.2. The number of nitrogens with zero attached hydrogens (tertiary/aromatic N) is 2. The summed E-state index contributed by atoms with van der Waals surface area (Å²) in [5.74, 6) is -0.134. The fourth-order valence-electron chi connectivity index (χ4n) is 3.11. The molecule has 0 saturated heterocycles. The molecule has 0 bridgehead atoms. The van der Waals surface area contributed by atoms with Gasteiger partial charge in [0.25, 0.3) is 5.91 Å². The lowest BCUT2D eigenvalue weighted by atomic mass is 10.1. The van der Waals surface area contributed by atoms with Crippen LogP contribution >= 0.6 is 0 Å². The Balaban J connectivity index is 1.66. The lowest BCUT2D eigenvalue weighted by Crippen LogP contribution is -2.35. The fourth-order valence-corrected chi connectivity index (χ4v) is 3.11. The highest BCUT2D eigenvalue weighted by Crippen LogP contribution is 2.40. The minimum absolute atomic E-state index is 0.0780. The predicted molar refractivity (Wildman–Crippen MR) is 98.5 cm³/mol. The van der Waals surface area contributed by atoms with Crippen molar-refractivity contribution in [2.45, 2.75) is 19.8 Å². The molecule has 1 heterocycles. The highest BCUT2D eigenvalue weighted by atomic mass is 16.5. The number of hydrogen-bond acceptors (Lipinski definition) is 4. The predicted octanol–water partition coefficient (Wildman–Crippen LogP) is 2.97. The van der Waals surface area contributed by atoms with Crippen molar-refractivity contribution in [1.82, 2.24) is 9.88 Å². The molecule has 1 aliphatic rings. The molecule has 3 rings (SSSR count). The van der Waals surface area contributed by atoms with Crippen molar-refractivity contribution in [2.24, 2.45) is 11.8 Å². The average Bonchev–Trinajstić information content (AvgIpc) is 3.46. The van der Waals surface area contributed by atoms with Gasteiger partial charge in [0.2, 0.25) is 0 Å². The third-order valence-corrected chi connectivity index (χ3v) is 4.65. The first kappa shape index (κ1) is 18.1. The summed E-state index contributed by atoms with van der Waals surface area (Å²) < 4.78 is 5.10. The van der Waals surface area contributed by atoms with Gasteiger partial charge in [0.05, 0.1) is 12.5 Å². The second kappa shape index (κ2) is 8.61. The Bertz CT molecular complexity index is 733. The van der Waals surface area contributed by atoms with Crippen molar-refractivity contribution >= 4 is 11.9 Å². The van der Waals surface area contributed by atoms with Crippen LogP contribution in [0.1, 0.15) is 29.4 Å². The van der Waals surface area contributed by atoms with Crippen LogP contribution in [-0.2, 0) is 16.0 Å². The second-order valence-electron chi connectivity index (χ2n) is 6.56. The number of benzene rings is 1. The maximum atomic E-state index is 12.9. The number of amides is 1. The van der Waals surface area contributed by atoms with Crippen molar-refractivity contribution in [3.05, 3.63) is 66.0 Å². The van der Waals surface area contributed by atoms with Gasteiger partial charge >= 0.3 is 5.97 Å². The molecule has 2 atom stereocenters. The first-order chi connectivity index (χ1) is 12.7. The molecule has 1 saturated carbocycles. The fraction of sp³-hybridized carbons (Fsp3) is 0.381. The van der Waals surface area contributed by atoms with Gasteiger partial charge in [-0.05, 0) is 43.4 Å². The molecule has 2 aromatic rings. The van der Waals surface area contributed by atoms with Crippen LogP contribution in [0, 0.1) is 11.8 Å². The van der Waals surface area contributed by atoms with Crippen LogP contribution in [0.2, 0.25) is 0 Å². The molecule has 5 nitrogen and oxygen atoms in total. The highest BCUT2D eigenvalue weighted by Gasteiger charge is 2.45. The molecule has 5 heteroatoms. The van der Waals surface area contributed by atoms with Crippen molar-refractivity contribution < 1.29 is 14.3 Å². The number of rotatable bonds is 8. The summed E-state index contributed by atoms with van der Waals surface area (Å²) in [7, 11) is 0. The molecule has 1 aliphatic carbocycles. The summed E-state index contributed by atoms with van der Waals surface area (Å²) in [6.45, 7) is 3.37. The third kappa shape index (κ3) is 4.69. The smallest absolute Gasteiger partial charge is 0.309 e. The topological polar surface area (TPSA) is 59.5 Å². The molecular formula is C21H24N2O3. The zero-order valence-corrected chi connectivity index (χ0v) is 15.0. The minimum atomic E-state index is -0.147. The van der Waals surface area contributed by atoms with Gasteiger partial charge in [-0.2, -0.15) is 0 Å². The zero-order chi connectivity index (χ0) is 18.4. The number of carbonyl (C=O) groups excluding carboxylic acids is 2. The van der Waals surface area contributed by atoms with Gasteiger partial charge in [0.15, 0.2) is 0 Å². The van der Waals surface area contributed by atoms with Gasteiger partial charge in [-0.15, -0.1) is 0 Å². The molecule has 1 aromatic heterocycles. The maximum Gasteiger partial charge on any atom is 0.309 e. The number of pyridine rings is 1. The van der Waals surface area contributed by atoms with Gasteiger partial charge in [0.1, 0.15) is 5.69 Å². The number of hydrogen-bond donors (Lipinski definition) is 0. The molecule has 1 aromatic carbocycles. The molecule has 1 amide bonds. The molecule has 136 valence electrons. The first-order valence-corrected chi connectivity index (χ1v) is 9.10.